The third kappa shape index (κ3) is 3.45. The Labute approximate surface area is 169 Å². The van der Waals surface area contributed by atoms with Crippen LogP contribution in [0.5, 0.6) is 0 Å². The monoisotopic (exact) mass is 391 g/mol. The van der Waals surface area contributed by atoms with Crippen molar-refractivity contribution >= 4 is 39.5 Å². The fraction of sp³-hybridized carbons (Fsp3) is 0.391. The summed E-state index contributed by atoms with van der Waals surface area (Å²) in [5.41, 5.74) is 2.63. The standard InChI is InChI=1S/C23H25N3OS/c27-17-12-14-26(15-13-17)22-21-18-8-4-5-9-19(18)28-23(21)25-20(24-22)11-10-16-6-2-1-3-7-16/h1-3,6-7,10-11,17,27H,4-5,8-9,12-15H2. The average molecular weight is 392 g/mol. The van der Waals surface area contributed by atoms with Crippen LogP contribution in [0.15, 0.2) is 30.3 Å². The fourth-order valence-corrected chi connectivity index (χ4v) is 5.53. The number of rotatable bonds is 3. The summed E-state index contributed by atoms with van der Waals surface area (Å²) in [6.07, 6.45) is 10.4. The van der Waals surface area contributed by atoms with E-state index in [1.165, 1.54) is 35.1 Å². The molecule has 0 spiro atoms. The van der Waals surface area contributed by atoms with Crippen LogP contribution in [0.2, 0.25) is 0 Å². The van der Waals surface area contributed by atoms with E-state index in [-0.39, 0.29) is 6.10 Å². The molecule has 0 bridgehead atoms. The van der Waals surface area contributed by atoms with Crippen LogP contribution < -0.4 is 4.90 Å². The van der Waals surface area contributed by atoms with E-state index in [0.29, 0.717) is 0 Å². The first kappa shape index (κ1) is 17.8. The lowest BCUT2D eigenvalue weighted by Crippen LogP contribution is -2.36. The number of piperidine rings is 1. The van der Waals surface area contributed by atoms with Crippen molar-refractivity contribution in [3.63, 3.8) is 0 Å². The number of anilines is 1. The summed E-state index contributed by atoms with van der Waals surface area (Å²) in [6, 6.07) is 10.3. The Morgan fingerprint density at radius 2 is 1.79 bits per heavy atom. The molecule has 1 N–H and O–H groups in total. The Morgan fingerprint density at radius 3 is 2.61 bits per heavy atom. The van der Waals surface area contributed by atoms with E-state index in [0.717, 1.165) is 54.4 Å². The van der Waals surface area contributed by atoms with Crippen LogP contribution in [0.25, 0.3) is 22.4 Å². The van der Waals surface area contributed by atoms with E-state index in [1.807, 2.05) is 35.6 Å². The topological polar surface area (TPSA) is 49.2 Å². The van der Waals surface area contributed by atoms with Gasteiger partial charge in [0.15, 0.2) is 5.82 Å². The summed E-state index contributed by atoms with van der Waals surface area (Å²) in [5.74, 6) is 1.85. The lowest BCUT2D eigenvalue weighted by molar-refractivity contribution is 0.145. The van der Waals surface area contributed by atoms with Gasteiger partial charge in [0.1, 0.15) is 10.6 Å². The SMILES string of the molecule is OC1CCN(c2nc(C=Cc3ccccc3)nc3sc4c(c23)CCCC4)CC1. The number of aliphatic hydroxyl groups excluding tert-OH is 1. The number of benzene rings is 1. The van der Waals surface area contributed by atoms with E-state index in [2.05, 4.69) is 23.1 Å². The summed E-state index contributed by atoms with van der Waals surface area (Å²) in [5, 5.41) is 11.2. The molecule has 0 saturated carbocycles. The molecule has 5 heteroatoms. The molecule has 3 heterocycles. The van der Waals surface area contributed by atoms with E-state index < -0.39 is 0 Å². The van der Waals surface area contributed by atoms with Crippen LogP contribution in [-0.2, 0) is 12.8 Å². The quantitative estimate of drug-likeness (QED) is 0.703. The molecule has 4 nitrogen and oxygen atoms in total. The molecule has 144 valence electrons. The van der Waals surface area contributed by atoms with Crippen LogP contribution in [0.1, 0.15) is 47.5 Å². The minimum atomic E-state index is -0.178. The summed E-state index contributed by atoms with van der Waals surface area (Å²) in [6.45, 7) is 1.72. The molecular formula is C23H25N3OS. The van der Waals surface area contributed by atoms with Crippen molar-refractivity contribution in [3.05, 3.63) is 52.2 Å². The van der Waals surface area contributed by atoms with Gasteiger partial charge < -0.3 is 10.0 Å². The highest BCUT2D eigenvalue weighted by molar-refractivity contribution is 7.19. The second kappa shape index (κ2) is 7.64. The Kier molecular flexibility index (Phi) is 4.87. The minimum absolute atomic E-state index is 0.178. The molecule has 1 aliphatic heterocycles. The van der Waals surface area contributed by atoms with Crippen LogP contribution in [-0.4, -0.2) is 34.3 Å². The van der Waals surface area contributed by atoms with Gasteiger partial charge in [0, 0.05) is 18.0 Å². The Balaban J connectivity index is 1.59. The van der Waals surface area contributed by atoms with Gasteiger partial charge in [-0.15, -0.1) is 11.3 Å². The van der Waals surface area contributed by atoms with E-state index in [4.69, 9.17) is 9.97 Å². The van der Waals surface area contributed by atoms with Gasteiger partial charge in [0.05, 0.1) is 11.5 Å². The largest absolute Gasteiger partial charge is 0.393 e. The number of aromatic nitrogens is 2. The van der Waals surface area contributed by atoms with Gasteiger partial charge in [-0.2, -0.15) is 0 Å². The van der Waals surface area contributed by atoms with Gasteiger partial charge in [-0.1, -0.05) is 36.4 Å². The van der Waals surface area contributed by atoms with Crippen molar-refractivity contribution in [1.29, 1.82) is 0 Å². The Morgan fingerprint density at radius 1 is 1.00 bits per heavy atom. The molecule has 1 fully saturated rings. The zero-order valence-electron chi connectivity index (χ0n) is 16.0. The smallest absolute Gasteiger partial charge is 0.155 e. The number of nitrogens with zero attached hydrogens (tertiary/aromatic N) is 3. The van der Waals surface area contributed by atoms with Crippen LogP contribution >= 0.6 is 11.3 Å². The molecule has 3 aromatic rings. The molecule has 1 saturated heterocycles. The Hall–Kier alpha value is -2.24. The van der Waals surface area contributed by atoms with Gasteiger partial charge in [-0.25, -0.2) is 9.97 Å². The molecule has 2 aliphatic rings. The highest BCUT2D eigenvalue weighted by atomic mass is 32.1. The summed E-state index contributed by atoms with van der Waals surface area (Å²) in [7, 11) is 0. The van der Waals surface area contributed by atoms with E-state index >= 15 is 0 Å². The number of hydrogen-bond acceptors (Lipinski definition) is 5. The van der Waals surface area contributed by atoms with Crippen molar-refractivity contribution in [2.24, 2.45) is 0 Å². The molecule has 28 heavy (non-hydrogen) atoms. The van der Waals surface area contributed by atoms with E-state index in [1.54, 1.807) is 0 Å². The molecule has 2 aromatic heterocycles. The second-order valence-corrected chi connectivity index (χ2v) is 8.84. The highest BCUT2D eigenvalue weighted by Gasteiger charge is 2.25. The van der Waals surface area contributed by atoms with Gasteiger partial charge in [0.2, 0.25) is 0 Å². The highest BCUT2D eigenvalue weighted by Crippen LogP contribution is 2.40. The summed E-state index contributed by atoms with van der Waals surface area (Å²) in [4.78, 5) is 14.9. The minimum Gasteiger partial charge on any atom is -0.393 e. The normalized spacial score (nSPS) is 18.1. The number of aliphatic hydroxyl groups is 1. The van der Waals surface area contributed by atoms with Crippen molar-refractivity contribution < 1.29 is 5.11 Å². The number of thiophene rings is 1. The lowest BCUT2D eigenvalue weighted by atomic mass is 9.96. The average Bonchev–Trinajstić information content (AvgIpc) is 3.11. The maximum Gasteiger partial charge on any atom is 0.155 e. The molecule has 5 rings (SSSR count). The summed E-state index contributed by atoms with van der Waals surface area (Å²) < 4.78 is 0. The van der Waals surface area contributed by atoms with Crippen LogP contribution in [0, 0.1) is 0 Å². The summed E-state index contributed by atoms with van der Waals surface area (Å²) >= 11 is 1.85. The van der Waals surface area contributed by atoms with Gasteiger partial charge in [-0.05, 0) is 55.7 Å². The lowest BCUT2D eigenvalue weighted by Gasteiger charge is -2.31. The predicted molar refractivity (Wildman–Crippen MR) is 117 cm³/mol. The van der Waals surface area contributed by atoms with Crippen LogP contribution in [0.4, 0.5) is 5.82 Å². The molecule has 1 aliphatic carbocycles. The van der Waals surface area contributed by atoms with Crippen molar-refractivity contribution in [2.45, 2.75) is 44.6 Å². The predicted octanol–water partition coefficient (Wildman–Crippen LogP) is 4.70. The van der Waals surface area contributed by atoms with Crippen molar-refractivity contribution in [3.8, 4) is 0 Å². The molecular weight excluding hydrogens is 366 g/mol. The fourth-order valence-electron chi connectivity index (χ4n) is 4.27. The number of aryl methyl sites for hydroxylation is 2. The van der Waals surface area contributed by atoms with Gasteiger partial charge in [-0.3, -0.25) is 0 Å². The number of hydrogen-bond donors (Lipinski definition) is 1. The van der Waals surface area contributed by atoms with Crippen LogP contribution in [0.3, 0.4) is 0 Å². The molecule has 1 aromatic carbocycles. The first-order chi connectivity index (χ1) is 13.8. The maximum absolute atomic E-state index is 9.94. The van der Waals surface area contributed by atoms with E-state index in [9.17, 15) is 5.11 Å². The maximum atomic E-state index is 9.94. The first-order valence-corrected chi connectivity index (χ1v) is 11.1. The number of fused-ring (bicyclic) bond motifs is 3. The molecule has 0 unspecified atom stereocenters. The van der Waals surface area contributed by atoms with Gasteiger partial charge in [0.25, 0.3) is 0 Å². The first-order valence-electron chi connectivity index (χ1n) is 10.3. The third-order valence-corrected chi connectivity index (χ3v) is 6.99. The Bertz CT molecular complexity index is 1000. The zero-order chi connectivity index (χ0) is 18.9. The zero-order valence-corrected chi connectivity index (χ0v) is 16.8. The molecule has 0 atom stereocenters. The second-order valence-electron chi connectivity index (χ2n) is 7.76. The molecule has 0 amide bonds. The van der Waals surface area contributed by atoms with Crippen molar-refractivity contribution in [2.75, 3.05) is 18.0 Å². The van der Waals surface area contributed by atoms with Crippen molar-refractivity contribution in [1.82, 2.24) is 9.97 Å². The van der Waals surface area contributed by atoms with Gasteiger partial charge >= 0.3 is 0 Å². The molecule has 0 radical (unpaired) electrons. The third-order valence-electron chi connectivity index (χ3n) is 5.80.